The average Bonchev–Trinajstić information content (AvgIpc) is 3.41. The van der Waals surface area contributed by atoms with Crippen LogP contribution in [0.3, 0.4) is 0 Å². The van der Waals surface area contributed by atoms with Gasteiger partial charge in [0, 0.05) is 37.2 Å². The summed E-state index contributed by atoms with van der Waals surface area (Å²) in [6, 6.07) is 16.7. The Morgan fingerprint density at radius 2 is 1.86 bits per heavy atom. The zero-order chi connectivity index (χ0) is 26.2. The number of amides is 2. The van der Waals surface area contributed by atoms with E-state index in [-0.39, 0.29) is 24.4 Å². The predicted octanol–water partition coefficient (Wildman–Crippen LogP) is 4.75. The highest BCUT2D eigenvalue weighted by Crippen LogP contribution is 2.34. The number of fused-ring (bicyclic) bond motifs is 1. The van der Waals surface area contributed by atoms with Crippen molar-refractivity contribution in [3.8, 4) is 11.5 Å². The molecule has 0 bridgehead atoms. The molecule has 7 nitrogen and oxygen atoms in total. The maximum absolute atomic E-state index is 13.7. The molecule has 0 fully saturated rings. The molecule has 196 valence electrons. The molecule has 0 spiro atoms. The molecule has 0 N–H and O–H groups in total. The van der Waals surface area contributed by atoms with Gasteiger partial charge in [0.25, 0.3) is 5.91 Å². The number of carbonyl (C=O) groups is 2. The Labute approximate surface area is 222 Å². The van der Waals surface area contributed by atoms with Crippen molar-refractivity contribution in [1.82, 2.24) is 9.80 Å². The second kappa shape index (κ2) is 12.7. The molecule has 0 saturated carbocycles. The molecule has 0 radical (unpaired) electrons. The van der Waals surface area contributed by atoms with Crippen molar-refractivity contribution in [2.24, 2.45) is 0 Å². The summed E-state index contributed by atoms with van der Waals surface area (Å²) in [5.74, 6) is 1.21. The Morgan fingerprint density at radius 1 is 1.08 bits per heavy atom. The van der Waals surface area contributed by atoms with Crippen LogP contribution < -0.4 is 9.47 Å². The fourth-order valence-corrected chi connectivity index (χ4v) is 5.51. The lowest BCUT2D eigenvalue weighted by Gasteiger charge is -2.37. The number of ether oxygens (including phenoxy) is 3. The molecule has 0 saturated heterocycles. The molecule has 2 heterocycles. The molecule has 8 heteroatoms. The minimum atomic E-state index is -0.209. The van der Waals surface area contributed by atoms with Gasteiger partial charge in [-0.25, -0.2) is 0 Å². The normalized spacial score (nSPS) is 14.7. The molecule has 0 unspecified atom stereocenters. The first-order valence-corrected chi connectivity index (χ1v) is 13.4. The fourth-order valence-electron chi connectivity index (χ4n) is 4.58. The van der Waals surface area contributed by atoms with E-state index in [1.807, 2.05) is 36.1 Å². The van der Waals surface area contributed by atoms with Crippen LogP contribution in [-0.4, -0.2) is 68.7 Å². The molecule has 1 aliphatic heterocycles. The van der Waals surface area contributed by atoms with Crippen LogP contribution in [0.5, 0.6) is 11.5 Å². The minimum Gasteiger partial charge on any atom is -0.497 e. The van der Waals surface area contributed by atoms with Gasteiger partial charge in [0.1, 0.15) is 24.7 Å². The molecule has 37 heavy (non-hydrogen) atoms. The van der Waals surface area contributed by atoms with E-state index in [0.29, 0.717) is 44.0 Å². The van der Waals surface area contributed by atoms with E-state index in [4.69, 9.17) is 14.2 Å². The van der Waals surface area contributed by atoms with Crippen LogP contribution in [0.4, 0.5) is 0 Å². The lowest BCUT2D eigenvalue weighted by Crippen LogP contribution is -2.48. The lowest BCUT2D eigenvalue weighted by molar-refractivity contribution is -0.135. The highest BCUT2D eigenvalue weighted by molar-refractivity contribution is 7.10. The van der Waals surface area contributed by atoms with Crippen molar-refractivity contribution >= 4 is 23.2 Å². The van der Waals surface area contributed by atoms with Gasteiger partial charge in [-0.15, -0.1) is 11.3 Å². The first-order chi connectivity index (χ1) is 18.0. The average molecular weight is 523 g/mol. The monoisotopic (exact) mass is 522 g/mol. The van der Waals surface area contributed by atoms with Gasteiger partial charge >= 0.3 is 0 Å². The smallest absolute Gasteiger partial charge is 0.254 e. The van der Waals surface area contributed by atoms with Gasteiger partial charge in [0.15, 0.2) is 0 Å². The largest absolute Gasteiger partial charge is 0.497 e. The second-order valence-electron chi connectivity index (χ2n) is 9.03. The zero-order valence-corrected chi connectivity index (χ0v) is 22.5. The Morgan fingerprint density at radius 3 is 2.59 bits per heavy atom. The SMILES string of the molecule is COCCCN(CC(=O)N1CCc2sccc2[C@H]1COc1ccccc1C)C(=O)c1ccc(OC)cc1. The summed E-state index contributed by atoms with van der Waals surface area (Å²) in [7, 11) is 3.22. The molecule has 2 aromatic carbocycles. The van der Waals surface area contributed by atoms with Gasteiger partial charge < -0.3 is 24.0 Å². The van der Waals surface area contributed by atoms with E-state index in [2.05, 4.69) is 11.4 Å². The van der Waals surface area contributed by atoms with Gasteiger partial charge in [0.2, 0.25) is 5.91 Å². The lowest BCUT2D eigenvalue weighted by atomic mass is 10.00. The highest BCUT2D eigenvalue weighted by atomic mass is 32.1. The van der Waals surface area contributed by atoms with Crippen LogP contribution in [-0.2, 0) is 16.0 Å². The first kappa shape index (κ1) is 26.7. The number of rotatable bonds is 11. The van der Waals surface area contributed by atoms with E-state index in [1.54, 1.807) is 54.7 Å². The maximum Gasteiger partial charge on any atom is 0.254 e. The van der Waals surface area contributed by atoms with E-state index in [1.165, 1.54) is 4.88 Å². The minimum absolute atomic E-state index is 0.00505. The van der Waals surface area contributed by atoms with Crippen LogP contribution >= 0.6 is 11.3 Å². The molecule has 3 aromatic rings. The zero-order valence-electron chi connectivity index (χ0n) is 21.6. The van der Waals surface area contributed by atoms with Crippen LogP contribution in [0, 0.1) is 6.92 Å². The highest BCUT2D eigenvalue weighted by Gasteiger charge is 2.33. The summed E-state index contributed by atoms with van der Waals surface area (Å²) in [5, 5.41) is 2.07. The first-order valence-electron chi connectivity index (χ1n) is 12.5. The Kier molecular flexibility index (Phi) is 9.19. The Balaban J connectivity index is 1.52. The van der Waals surface area contributed by atoms with E-state index >= 15 is 0 Å². The topological polar surface area (TPSA) is 68.3 Å². The van der Waals surface area contributed by atoms with Gasteiger partial charge in [0.05, 0.1) is 13.2 Å². The summed E-state index contributed by atoms with van der Waals surface area (Å²) in [4.78, 5) is 31.9. The van der Waals surface area contributed by atoms with Crippen molar-refractivity contribution in [3.63, 3.8) is 0 Å². The number of carbonyl (C=O) groups excluding carboxylic acids is 2. The van der Waals surface area contributed by atoms with Gasteiger partial charge in [-0.1, -0.05) is 18.2 Å². The quantitative estimate of drug-likeness (QED) is 0.340. The number of methoxy groups -OCH3 is 2. The predicted molar refractivity (Wildman–Crippen MR) is 145 cm³/mol. The van der Waals surface area contributed by atoms with Crippen molar-refractivity contribution in [1.29, 1.82) is 0 Å². The number of hydrogen-bond donors (Lipinski definition) is 0. The Bertz CT molecular complexity index is 1190. The summed E-state index contributed by atoms with van der Waals surface area (Å²) in [6.07, 6.45) is 1.44. The fraction of sp³-hybridized carbons (Fsp3) is 0.379. The van der Waals surface area contributed by atoms with Crippen LogP contribution in [0.15, 0.2) is 60.0 Å². The van der Waals surface area contributed by atoms with Crippen molar-refractivity contribution in [2.45, 2.75) is 25.8 Å². The van der Waals surface area contributed by atoms with Gasteiger partial charge in [-0.3, -0.25) is 9.59 Å². The molecule has 1 aliphatic rings. The Hall–Kier alpha value is -3.36. The van der Waals surface area contributed by atoms with Crippen molar-refractivity contribution < 1.29 is 23.8 Å². The third-order valence-corrected chi connectivity index (χ3v) is 7.63. The molecule has 1 atom stereocenters. The number of aryl methyl sites for hydroxylation is 1. The van der Waals surface area contributed by atoms with Gasteiger partial charge in [-0.2, -0.15) is 0 Å². The molecule has 4 rings (SSSR count). The standard InChI is InChI=1S/C29H34N2O5S/c1-21-7-4-5-8-26(21)36-20-25-24-14-18-37-27(24)13-16-31(25)28(32)19-30(15-6-17-34-2)29(33)22-9-11-23(35-3)12-10-22/h4-5,7-12,14,18,25H,6,13,15-17,19-20H2,1-3H3/t25-/m1/s1. The number of nitrogens with zero attached hydrogens (tertiary/aromatic N) is 2. The van der Waals surface area contributed by atoms with Gasteiger partial charge in [-0.05, 0) is 72.7 Å². The number of benzene rings is 2. The van der Waals surface area contributed by atoms with E-state index < -0.39 is 0 Å². The van der Waals surface area contributed by atoms with Crippen LogP contribution in [0.1, 0.15) is 38.8 Å². The third-order valence-electron chi connectivity index (χ3n) is 6.63. The molecule has 2 amide bonds. The van der Waals surface area contributed by atoms with Crippen molar-refractivity contribution in [3.05, 3.63) is 81.5 Å². The maximum atomic E-state index is 13.7. The summed E-state index contributed by atoms with van der Waals surface area (Å²) in [6.45, 7) is 3.89. The van der Waals surface area contributed by atoms with Crippen LogP contribution in [0.25, 0.3) is 0 Å². The van der Waals surface area contributed by atoms with Crippen LogP contribution in [0.2, 0.25) is 0 Å². The number of para-hydroxylation sites is 1. The molecule has 0 aliphatic carbocycles. The second-order valence-corrected chi connectivity index (χ2v) is 10.0. The molecular weight excluding hydrogens is 488 g/mol. The summed E-state index contributed by atoms with van der Waals surface area (Å²) < 4.78 is 16.6. The number of thiophene rings is 1. The third kappa shape index (κ3) is 6.50. The summed E-state index contributed by atoms with van der Waals surface area (Å²) >= 11 is 1.72. The number of hydrogen-bond acceptors (Lipinski definition) is 6. The van der Waals surface area contributed by atoms with Crippen molar-refractivity contribution in [2.75, 3.05) is 47.1 Å². The van der Waals surface area contributed by atoms with E-state index in [9.17, 15) is 9.59 Å². The summed E-state index contributed by atoms with van der Waals surface area (Å²) in [5.41, 5.74) is 2.70. The van der Waals surface area contributed by atoms with E-state index in [0.717, 1.165) is 23.3 Å². The molecular formula is C29H34N2O5S. The molecule has 1 aromatic heterocycles.